The highest BCUT2D eigenvalue weighted by atomic mass is 16.5. The van der Waals surface area contributed by atoms with Gasteiger partial charge in [0.1, 0.15) is 11.2 Å². The van der Waals surface area contributed by atoms with Crippen molar-refractivity contribution in [2.45, 2.75) is 25.7 Å². The molecule has 0 amide bonds. The second kappa shape index (κ2) is 4.26. The lowest BCUT2D eigenvalue weighted by Gasteiger charge is -2.17. The summed E-state index contributed by atoms with van der Waals surface area (Å²) in [7, 11) is 1.55. The molecule has 102 valence electrons. The number of carboxylic acid groups (broad SMARTS) is 2. The molecule has 5 heteroatoms. The smallest absolute Gasteiger partial charge is 0.315 e. The van der Waals surface area contributed by atoms with Crippen LogP contribution in [0.25, 0.3) is 0 Å². The van der Waals surface area contributed by atoms with Crippen LogP contribution in [0, 0.1) is 19.8 Å². The van der Waals surface area contributed by atoms with Gasteiger partial charge in [-0.15, -0.1) is 0 Å². The number of hydrogen-bond acceptors (Lipinski definition) is 3. The Labute approximate surface area is 110 Å². The van der Waals surface area contributed by atoms with Crippen molar-refractivity contribution in [2.75, 3.05) is 7.11 Å². The van der Waals surface area contributed by atoms with E-state index in [1.807, 2.05) is 6.92 Å². The van der Waals surface area contributed by atoms with Crippen LogP contribution in [0.4, 0.5) is 0 Å². The van der Waals surface area contributed by atoms with Crippen molar-refractivity contribution in [3.05, 3.63) is 28.8 Å². The monoisotopic (exact) mass is 264 g/mol. The van der Waals surface area contributed by atoms with E-state index >= 15 is 0 Å². The number of ether oxygens (including phenoxy) is 1. The zero-order valence-corrected chi connectivity index (χ0v) is 11.1. The average molecular weight is 264 g/mol. The molecule has 1 saturated carbocycles. The Balaban J connectivity index is 2.55. The molecular formula is C14H16O5. The minimum Gasteiger partial charge on any atom is -0.496 e. The number of hydrogen-bond donors (Lipinski definition) is 2. The van der Waals surface area contributed by atoms with E-state index in [4.69, 9.17) is 9.84 Å². The van der Waals surface area contributed by atoms with Crippen LogP contribution in [0.2, 0.25) is 0 Å². The third kappa shape index (κ3) is 1.85. The fraction of sp³-hybridized carbons (Fsp3) is 0.429. The minimum atomic E-state index is -1.28. The van der Waals surface area contributed by atoms with Crippen LogP contribution in [0.15, 0.2) is 12.1 Å². The zero-order valence-electron chi connectivity index (χ0n) is 11.1. The second-order valence-corrected chi connectivity index (χ2v) is 5.01. The largest absolute Gasteiger partial charge is 0.496 e. The Morgan fingerprint density at radius 1 is 1.26 bits per heavy atom. The first-order chi connectivity index (χ1) is 8.84. The van der Waals surface area contributed by atoms with E-state index in [-0.39, 0.29) is 6.42 Å². The summed E-state index contributed by atoms with van der Waals surface area (Å²) in [4.78, 5) is 22.6. The van der Waals surface area contributed by atoms with Crippen LogP contribution >= 0.6 is 0 Å². The van der Waals surface area contributed by atoms with Gasteiger partial charge in [-0.3, -0.25) is 9.59 Å². The molecule has 1 aliphatic rings. The van der Waals surface area contributed by atoms with Gasteiger partial charge in [0.05, 0.1) is 13.0 Å². The van der Waals surface area contributed by atoms with E-state index in [9.17, 15) is 14.7 Å². The van der Waals surface area contributed by atoms with Crippen molar-refractivity contribution in [1.82, 2.24) is 0 Å². The Hall–Kier alpha value is -2.04. The van der Waals surface area contributed by atoms with Gasteiger partial charge in [-0.2, -0.15) is 0 Å². The minimum absolute atomic E-state index is 0.143. The molecule has 0 heterocycles. The highest BCUT2D eigenvalue weighted by Crippen LogP contribution is 2.56. The van der Waals surface area contributed by atoms with Gasteiger partial charge < -0.3 is 14.9 Å². The normalized spacial score (nSPS) is 24.9. The van der Waals surface area contributed by atoms with Crippen LogP contribution in [0.1, 0.15) is 23.1 Å². The Morgan fingerprint density at radius 3 is 2.32 bits per heavy atom. The lowest BCUT2D eigenvalue weighted by atomic mass is 9.88. The van der Waals surface area contributed by atoms with E-state index in [2.05, 4.69) is 0 Å². The Bertz CT molecular complexity index is 563. The van der Waals surface area contributed by atoms with E-state index in [0.29, 0.717) is 11.3 Å². The maximum Gasteiger partial charge on any atom is 0.315 e. The molecule has 1 aliphatic carbocycles. The predicted molar refractivity (Wildman–Crippen MR) is 67.5 cm³/mol. The maximum absolute atomic E-state index is 11.5. The standard InChI is InChI=1S/C14H16O5/c1-7-5-11(19-3)8(2)4-9(7)14(13(17)18)6-10(14)12(15)16/h4-5,10H,6H2,1-3H3,(H,15,16)(H,17,18). The van der Waals surface area contributed by atoms with Crippen LogP contribution in [-0.4, -0.2) is 29.3 Å². The zero-order chi connectivity index (χ0) is 14.4. The van der Waals surface area contributed by atoms with Crippen LogP contribution < -0.4 is 4.74 Å². The Kier molecular flexibility index (Phi) is 3.00. The van der Waals surface area contributed by atoms with Crippen molar-refractivity contribution >= 4 is 11.9 Å². The molecule has 19 heavy (non-hydrogen) atoms. The van der Waals surface area contributed by atoms with E-state index in [0.717, 1.165) is 11.1 Å². The number of carbonyl (C=O) groups is 2. The number of aliphatic carboxylic acids is 2. The first kappa shape index (κ1) is 13.4. The SMILES string of the molecule is COc1cc(C)c(C2(C(=O)O)CC2C(=O)O)cc1C. The maximum atomic E-state index is 11.5. The van der Waals surface area contributed by atoms with Crippen molar-refractivity contribution in [1.29, 1.82) is 0 Å². The lowest BCUT2D eigenvalue weighted by Crippen LogP contribution is -2.26. The number of aryl methyl sites for hydroxylation is 2. The van der Waals surface area contributed by atoms with Gasteiger partial charge in [-0.05, 0) is 43.0 Å². The quantitative estimate of drug-likeness (QED) is 0.865. The highest BCUT2D eigenvalue weighted by Gasteiger charge is 2.66. The Morgan fingerprint density at radius 2 is 1.89 bits per heavy atom. The molecule has 0 aromatic heterocycles. The number of rotatable bonds is 4. The molecule has 0 spiro atoms. The summed E-state index contributed by atoms with van der Waals surface area (Å²) in [6.07, 6.45) is 0.143. The first-order valence-corrected chi connectivity index (χ1v) is 5.96. The fourth-order valence-electron chi connectivity index (χ4n) is 2.70. The number of carboxylic acids is 2. The van der Waals surface area contributed by atoms with Gasteiger partial charge in [-0.1, -0.05) is 6.07 Å². The third-order valence-electron chi connectivity index (χ3n) is 3.86. The fourth-order valence-corrected chi connectivity index (χ4v) is 2.70. The van der Waals surface area contributed by atoms with Gasteiger partial charge in [-0.25, -0.2) is 0 Å². The summed E-state index contributed by atoms with van der Waals surface area (Å²) in [5.41, 5.74) is 0.839. The van der Waals surface area contributed by atoms with Crippen molar-refractivity contribution in [2.24, 2.45) is 5.92 Å². The molecule has 1 fully saturated rings. The molecule has 2 N–H and O–H groups in total. The molecule has 5 nitrogen and oxygen atoms in total. The first-order valence-electron chi connectivity index (χ1n) is 5.96. The van der Waals surface area contributed by atoms with Crippen LogP contribution in [-0.2, 0) is 15.0 Å². The second-order valence-electron chi connectivity index (χ2n) is 5.01. The summed E-state index contributed by atoms with van der Waals surface area (Å²) in [5.74, 6) is -2.31. The van der Waals surface area contributed by atoms with Crippen molar-refractivity contribution in [3.63, 3.8) is 0 Å². The number of methoxy groups -OCH3 is 1. The van der Waals surface area contributed by atoms with Gasteiger partial charge >= 0.3 is 11.9 Å². The molecule has 2 atom stereocenters. The van der Waals surface area contributed by atoms with Gasteiger partial charge in [0.25, 0.3) is 0 Å². The molecule has 0 saturated heterocycles. The van der Waals surface area contributed by atoms with Crippen molar-refractivity contribution < 1.29 is 24.5 Å². The predicted octanol–water partition coefficient (Wildman–Crippen LogP) is 1.74. The van der Waals surface area contributed by atoms with E-state index < -0.39 is 23.3 Å². The summed E-state index contributed by atoms with van der Waals surface area (Å²) in [6, 6.07) is 3.48. The van der Waals surface area contributed by atoms with E-state index in [1.54, 1.807) is 26.2 Å². The van der Waals surface area contributed by atoms with Crippen molar-refractivity contribution in [3.8, 4) is 5.75 Å². The average Bonchev–Trinajstić information content (AvgIpc) is 3.08. The molecule has 0 bridgehead atoms. The molecule has 2 rings (SSSR count). The molecule has 1 aromatic carbocycles. The highest BCUT2D eigenvalue weighted by molar-refractivity contribution is 5.95. The summed E-state index contributed by atoms with van der Waals surface area (Å²) in [5, 5.41) is 18.5. The van der Waals surface area contributed by atoms with E-state index in [1.165, 1.54) is 0 Å². The molecule has 1 aromatic rings. The van der Waals surface area contributed by atoms with Crippen LogP contribution in [0.5, 0.6) is 5.75 Å². The molecular weight excluding hydrogens is 248 g/mol. The van der Waals surface area contributed by atoms with Gasteiger partial charge in [0, 0.05) is 0 Å². The van der Waals surface area contributed by atoms with Gasteiger partial charge in [0.2, 0.25) is 0 Å². The van der Waals surface area contributed by atoms with Gasteiger partial charge in [0.15, 0.2) is 0 Å². The summed E-state index contributed by atoms with van der Waals surface area (Å²) in [6.45, 7) is 3.59. The summed E-state index contributed by atoms with van der Waals surface area (Å²) < 4.78 is 5.18. The molecule has 0 aliphatic heterocycles. The topological polar surface area (TPSA) is 83.8 Å². The van der Waals surface area contributed by atoms with Crippen LogP contribution in [0.3, 0.4) is 0 Å². The molecule has 2 unspecified atom stereocenters. The summed E-state index contributed by atoms with van der Waals surface area (Å²) >= 11 is 0. The number of benzene rings is 1. The molecule has 0 radical (unpaired) electrons. The lowest BCUT2D eigenvalue weighted by molar-refractivity contribution is -0.145. The third-order valence-corrected chi connectivity index (χ3v) is 3.86.